The van der Waals surface area contributed by atoms with Gasteiger partial charge in [-0.15, -0.1) is 0 Å². The smallest absolute Gasteiger partial charge is 0.280 e. The van der Waals surface area contributed by atoms with Gasteiger partial charge in [-0.1, -0.05) is 24.8 Å². The Labute approximate surface area is 172 Å². The van der Waals surface area contributed by atoms with Crippen molar-refractivity contribution in [3.8, 4) is 0 Å². The van der Waals surface area contributed by atoms with E-state index in [1.165, 1.54) is 17.8 Å². The number of carbonyl (C=O) groups excluding carboxylic acids is 1. The number of anilines is 1. The number of nitrogens with one attached hydrogen (secondary N) is 1. The van der Waals surface area contributed by atoms with Crippen LogP contribution in [0.3, 0.4) is 0 Å². The molecule has 1 amide bonds. The number of nitrogens with zero attached hydrogens (tertiary/aromatic N) is 4. The Morgan fingerprint density at radius 2 is 2.03 bits per heavy atom. The number of rotatable bonds is 7. The highest BCUT2D eigenvalue weighted by atomic mass is 32.2. The first kappa shape index (κ1) is 21.0. The second-order valence-electron chi connectivity index (χ2n) is 6.75. The monoisotopic (exact) mass is 417 g/mol. The summed E-state index contributed by atoms with van der Waals surface area (Å²) in [6.07, 6.45) is 0.759. The summed E-state index contributed by atoms with van der Waals surface area (Å²) in [4.78, 5) is 30.0. The Balaban J connectivity index is 1.85. The van der Waals surface area contributed by atoms with E-state index < -0.39 is 0 Å². The fourth-order valence-electron chi connectivity index (χ4n) is 3.05. The first-order valence-corrected chi connectivity index (χ1v) is 10.5. The van der Waals surface area contributed by atoms with E-state index in [4.69, 9.17) is 0 Å². The lowest BCUT2D eigenvalue weighted by Crippen LogP contribution is -2.25. The Hall–Kier alpha value is -2.68. The predicted octanol–water partition coefficient (Wildman–Crippen LogP) is 3.51. The molecule has 2 heterocycles. The van der Waals surface area contributed by atoms with Crippen LogP contribution in [0.2, 0.25) is 0 Å². The Morgan fingerprint density at radius 3 is 2.69 bits per heavy atom. The maximum Gasteiger partial charge on any atom is 0.280 e. The molecule has 1 N–H and O–H groups in total. The van der Waals surface area contributed by atoms with Crippen molar-refractivity contribution >= 4 is 34.4 Å². The number of thioether (sulfide) groups is 1. The lowest BCUT2D eigenvalue weighted by atomic mass is 10.2. The fraction of sp³-hybridized carbons (Fsp3) is 0.400. The number of aryl methyl sites for hydroxylation is 3. The van der Waals surface area contributed by atoms with E-state index in [9.17, 15) is 14.0 Å². The summed E-state index contributed by atoms with van der Waals surface area (Å²) in [5.74, 6) is -0.614. The van der Waals surface area contributed by atoms with Crippen LogP contribution in [0, 0.1) is 19.7 Å². The molecule has 0 spiro atoms. The first-order valence-electron chi connectivity index (χ1n) is 9.52. The number of amides is 1. The normalized spacial score (nSPS) is 11.2. The zero-order valence-electron chi connectivity index (χ0n) is 17.0. The molecule has 3 aromatic rings. The number of aromatic nitrogens is 4. The van der Waals surface area contributed by atoms with Crippen LogP contribution in [-0.2, 0) is 17.9 Å². The maximum absolute atomic E-state index is 13.7. The number of carbonyl (C=O) groups is 1. The fourth-order valence-corrected chi connectivity index (χ4v) is 3.86. The van der Waals surface area contributed by atoms with Crippen molar-refractivity contribution < 1.29 is 9.18 Å². The minimum absolute atomic E-state index is 0.0537. The van der Waals surface area contributed by atoms with Gasteiger partial charge in [0.2, 0.25) is 5.91 Å². The average molecular weight is 418 g/mol. The Kier molecular flexibility index (Phi) is 6.36. The summed E-state index contributed by atoms with van der Waals surface area (Å²) in [5, 5.41) is 7.55. The van der Waals surface area contributed by atoms with Crippen molar-refractivity contribution in [2.75, 3.05) is 11.1 Å². The van der Waals surface area contributed by atoms with Gasteiger partial charge in [0.05, 0.1) is 11.4 Å². The van der Waals surface area contributed by atoms with Gasteiger partial charge in [-0.05, 0) is 44.9 Å². The van der Waals surface area contributed by atoms with Gasteiger partial charge in [-0.2, -0.15) is 5.10 Å². The average Bonchev–Trinajstić information content (AvgIpc) is 3.01. The van der Waals surface area contributed by atoms with Gasteiger partial charge >= 0.3 is 0 Å². The molecule has 0 saturated carbocycles. The standard InChI is InChI=1S/C20H24FN5O2S/c1-5-9-25-19(28)18-17(13(4)24-26(18)6-2)23-20(25)29-11-16(27)22-14-8-7-12(3)15(21)10-14/h7-8,10H,5-6,9,11H2,1-4H3,(H,22,27). The molecular formula is C20H24FN5O2S. The van der Waals surface area contributed by atoms with Gasteiger partial charge in [0.1, 0.15) is 11.3 Å². The maximum atomic E-state index is 13.7. The molecule has 0 atom stereocenters. The SMILES string of the molecule is CCCn1c(SCC(=O)Nc2ccc(C)c(F)c2)nc2c(C)nn(CC)c2c1=O. The number of fused-ring (bicyclic) bond motifs is 1. The Morgan fingerprint density at radius 1 is 1.28 bits per heavy atom. The van der Waals surface area contributed by atoms with Crippen LogP contribution in [0.15, 0.2) is 28.2 Å². The zero-order valence-corrected chi connectivity index (χ0v) is 17.8. The zero-order chi connectivity index (χ0) is 21.1. The van der Waals surface area contributed by atoms with Crippen molar-refractivity contribution in [3.05, 3.63) is 45.6 Å². The second-order valence-corrected chi connectivity index (χ2v) is 7.69. The summed E-state index contributed by atoms with van der Waals surface area (Å²) in [5.41, 5.74) is 2.50. The highest BCUT2D eigenvalue weighted by Gasteiger charge is 2.18. The van der Waals surface area contributed by atoms with Crippen molar-refractivity contribution in [2.45, 2.75) is 52.4 Å². The van der Waals surface area contributed by atoms with Crippen molar-refractivity contribution in [3.63, 3.8) is 0 Å². The molecule has 154 valence electrons. The molecular weight excluding hydrogens is 393 g/mol. The van der Waals surface area contributed by atoms with E-state index in [0.717, 1.165) is 6.42 Å². The Bertz CT molecular complexity index is 1120. The molecule has 7 nitrogen and oxygen atoms in total. The molecule has 0 radical (unpaired) electrons. The van der Waals surface area contributed by atoms with Crippen LogP contribution in [-0.4, -0.2) is 31.0 Å². The summed E-state index contributed by atoms with van der Waals surface area (Å²) in [6, 6.07) is 4.55. The van der Waals surface area contributed by atoms with Crippen LogP contribution in [0.25, 0.3) is 11.0 Å². The third kappa shape index (κ3) is 4.34. The van der Waals surface area contributed by atoms with Crippen LogP contribution < -0.4 is 10.9 Å². The third-order valence-corrected chi connectivity index (χ3v) is 5.49. The summed E-state index contributed by atoms with van der Waals surface area (Å²) < 4.78 is 16.9. The van der Waals surface area contributed by atoms with Gasteiger partial charge in [-0.3, -0.25) is 18.8 Å². The first-order chi connectivity index (χ1) is 13.8. The van der Waals surface area contributed by atoms with Crippen LogP contribution in [0.4, 0.5) is 10.1 Å². The molecule has 0 aliphatic heterocycles. The summed E-state index contributed by atoms with van der Waals surface area (Å²) in [6.45, 7) is 8.47. The van der Waals surface area contributed by atoms with Crippen molar-refractivity contribution in [1.82, 2.24) is 19.3 Å². The minimum Gasteiger partial charge on any atom is -0.325 e. The molecule has 0 saturated heterocycles. The predicted molar refractivity (Wildman–Crippen MR) is 113 cm³/mol. The van der Waals surface area contributed by atoms with Gasteiger partial charge in [0.15, 0.2) is 10.7 Å². The van der Waals surface area contributed by atoms with Gasteiger partial charge < -0.3 is 5.32 Å². The lowest BCUT2D eigenvalue weighted by molar-refractivity contribution is -0.113. The molecule has 9 heteroatoms. The molecule has 3 rings (SSSR count). The van der Waals surface area contributed by atoms with E-state index in [2.05, 4.69) is 15.4 Å². The lowest BCUT2D eigenvalue weighted by Gasteiger charge is -2.12. The highest BCUT2D eigenvalue weighted by Crippen LogP contribution is 2.21. The third-order valence-electron chi connectivity index (χ3n) is 4.52. The number of hydrogen-bond donors (Lipinski definition) is 1. The van der Waals surface area contributed by atoms with Gasteiger partial charge in [-0.25, -0.2) is 9.37 Å². The van der Waals surface area contributed by atoms with E-state index >= 15 is 0 Å². The molecule has 0 bridgehead atoms. The molecule has 1 aromatic carbocycles. The van der Waals surface area contributed by atoms with E-state index in [1.807, 2.05) is 20.8 Å². The van der Waals surface area contributed by atoms with Crippen LogP contribution in [0.5, 0.6) is 0 Å². The van der Waals surface area contributed by atoms with Gasteiger partial charge in [0.25, 0.3) is 5.56 Å². The summed E-state index contributed by atoms with van der Waals surface area (Å²) in [7, 11) is 0. The number of halogens is 1. The van der Waals surface area contributed by atoms with E-state index in [-0.39, 0.29) is 23.0 Å². The highest BCUT2D eigenvalue weighted by molar-refractivity contribution is 7.99. The molecule has 0 fully saturated rings. The number of hydrogen-bond acceptors (Lipinski definition) is 5. The van der Waals surface area contributed by atoms with Crippen molar-refractivity contribution in [2.24, 2.45) is 0 Å². The molecule has 0 aliphatic carbocycles. The molecule has 2 aromatic heterocycles. The minimum atomic E-state index is -0.372. The topological polar surface area (TPSA) is 81.8 Å². The largest absolute Gasteiger partial charge is 0.325 e. The van der Waals surface area contributed by atoms with Crippen LogP contribution in [0.1, 0.15) is 31.5 Å². The molecule has 29 heavy (non-hydrogen) atoms. The number of benzene rings is 1. The quantitative estimate of drug-likeness (QED) is 0.470. The molecule has 0 unspecified atom stereocenters. The van der Waals surface area contributed by atoms with E-state index in [0.29, 0.717) is 46.2 Å². The molecule has 0 aliphatic rings. The van der Waals surface area contributed by atoms with E-state index in [1.54, 1.807) is 28.3 Å². The van der Waals surface area contributed by atoms with Crippen LogP contribution >= 0.6 is 11.8 Å². The van der Waals surface area contributed by atoms with Gasteiger partial charge in [0, 0.05) is 18.8 Å². The summed E-state index contributed by atoms with van der Waals surface area (Å²) >= 11 is 1.19. The van der Waals surface area contributed by atoms with Crippen molar-refractivity contribution in [1.29, 1.82) is 0 Å². The second kappa shape index (κ2) is 8.77.